The van der Waals surface area contributed by atoms with Crippen LogP contribution < -0.4 is 16.0 Å². The third kappa shape index (κ3) is 8.32. The fourth-order valence-electron chi connectivity index (χ4n) is 3.10. The van der Waals surface area contributed by atoms with Gasteiger partial charge in [-0.05, 0) is 32.3 Å². The van der Waals surface area contributed by atoms with Gasteiger partial charge in [-0.3, -0.25) is 14.7 Å². The van der Waals surface area contributed by atoms with E-state index >= 15 is 0 Å². The van der Waals surface area contributed by atoms with E-state index in [1.165, 1.54) is 5.56 Å². The summed E-state index contributed by atoms with van der Waals surface area (Å²) < 4.78 is 0. The van der Waals surface area contributed by atoms with Gasteiger partial charge in [0.05, 0.1) is 19.2 Å². The number of likely N-dealkylation sites (N-methyl/N-ethyl adjacent to an activating group) is 1. The number of halogens is 1. The number of likely N-dealkylation sites (tertiary alicyclic amines) is 1. The zero-order valence-electron chi connectivity index (χ0n) is 17.1. The number of hydrogen-bond donors (Lipinski definition) is 4. The molecular formula is C20H34IN5O2. The van der Waals surface area contributed by atoms with Crippen molar-refractivity contribution in [3.63, 3.8) is 0 Å². The van der Waals surface area contributed by atoms with Gasteiger partial charge >= 0.3 is 0 Å². The number of aryl methyl sites for hydroxylation is 1. The zero-order chi connectivity index (χ0) is 19.6. The number of benzene rings is 1. The van der Waals surface area contributed by atoms with Crippen molar-refractivity contribution in [2.24, 2.45) is 4.99 Å². The van der Waals surface area contributed by atoms with E-state index in [2.05, 4.69) is 25.8 Å². The van der Waals surface area contributed by atoms with Crippen molar-refractivity contribution in [1.29, 1.82) is 0 Å². The molecule has 1 aromatic rings. The number of hydrogen-bond acceptors (Lipinski definition) is 4. The number of aliphatic hydroxyl groups is 1. The molecule has 0 bridgehead atoms. The fourth-order valence-corrected chi connectivity index (χ4v) is 3.10. The van der Waals surface area contributed by atoms with Gasteiger partial charge in [0.25, 0.3) is 0 Å². The molecule has 7 nitrogen and oxygen atoms in total. The quantitative estimate of drug-likeness (QED) is 0.257. The minimum Gasteiger partial charge on any atom is -0.386 e. The maximum absolute atomic E-state index is 11.5. The molecule has 1 heterocycles. The summed E-state index contributed by atoms with van der Waals surface area (Å²) in [5.41, 5.74) is 2.05. The van der Waals surface area contributed by atoms with Gasteiger partial charge in [-0.25, -0.2) is 0 Å². The molecule has 1 amide bonds. The number of guanidine groups is 1. The third-order valence-corrected chi connectivity index (χ3v) is 4.80. The summed E-state index contributed by atoms with van der Waals surface area (Å²) in [6.07, 6.45) is 1.31. The largest absolute Gasteiger partial charge is 0.386 e. The number of piperidine rings is 1. The lowest BCUT2D eigenvalue weighted by atomic mass is 10.1. The highest BCUT2D eigenvalue weighted by molar-refractivity contribution is 14.0. The Bertz CT molecular complexity index is 616. The topological polar surface area (TPSA) is 89.0 Å². The van der Waals surface area contributed by atoms with Gasteiger partial charge < -0.3 is 21.1 Å². The second kappa shape index (κ2) is 12.9. The molecule has 1 atom stereocenters. The van der Waals surface area contributed by atoms with Crippen molar-refractivity contribution in [2.75, 3.05) is 39.8 Å². The predicted molar refractivity (Wildman–Crippen MR) is 124 cm³/mol. The summed E-state index contributed by atoms with van der Waals surface area (Å²) in [6.45, 7) is 7.37. The zero-order valence-corrected chi connectivity index (χ0v) is 19.4. The number of nitrogens with zero attached hydrogens (tertiary/aromatic N) is 2. The van der Waals surface area contributed by atoms with Crippen LogP contribution in [-0.2, 0) is 4.79 Å². The van der Waals surface area contributed by atoms with Crippen LogP contribution in [0.4, 0.5) is 0 Å². The van der Waals surface area contributed by atoms with E-state index in [1.807, 2.05) is 38.1 Å². The molecule has 158 valence electrons. The number of carbonyl (C=O) groups is 1. The van der Waals surface area contributed by atoms with Crippen LogP contribution in [0, 0.1) is 6.92 Å². The van der Waals surface area contributed by atoms with E-state index in [0.717, 1.165) is 44.0 Å². The van der Waals surface area contributed by atoms with Crippen molar-refractivity contribution in [3.05, 3.63) is 35.4 Å². The first kappa shape index (κ1) is 24.6. The second-order valence-electron chi connectivity index (χ2n) is 7.01. The Kier molecular flexibility index (Phi) is 11.4. The molecule has 0 aliphatic carbocycles. The van der Waals surface area contributed by atoms with Crippen LogP contribution in [0.25, 0.3) is 0 Å². The summed E-state index contributed by atoms with van der Waals surface area (Å²) in [7, 11) is 1.67. The van der Waals surface area contributed by atoms with Crippen molar-refractivity contribution in [1.82, 2.24) is 20.9 Å². The average Bonchev–Trinajstić information content (AvgIpc) is 2.68. The van der Waals surface area contributed by atoms with E-state index in [-0.39, 0.29) is 29.9 Å². The van der Waals surface area contributed by atoms with Crippen LogP contribution in [0.5, 0.6) is 0 Å². The van der Waals surface area contributed by atoms with Gasteiger partial charge in [0.2, 0.25) is 5.91 Å². The molecule has 1 saturated heterocycles. The lowest BCUT2D eigenvalue weighted by Crippen LogP contribution is -2.50. The molecule has 0 aromatic heterocycles. The minimum absolute atomic E-state index is 0. The van der Waals surface area contributed by atoms with Crippen LogP contribution in [0.1, 0.15) is 37.0 Å². The molecule has 0 saturated carbocycles. The van der Waals surface area contributed by atoms with Gasteiger partial charge in [-0.1, -0.05) is 29.8 Å². The Morgan fingerprint density at radius 2 is 1.93 bits per heavy atom. The molecular weight excluding hydrogens is 469 g/mol. The van der Waals surface area contributed by atoms with E-state index < -0.39 is 6.10 Å². The molecule has 1 fully saturated rings. The average molecular weight is 503 g/mol. The van der Waals surface area contributed by atoms with Crippen LogP contribution in [-0.4, -0.2) is 67.7 Å². The number of amides is 1. The summed E-state index contributed by atoms with van der Waals surface area (Å²) in [5.74, 6) is 0.787. The van der Waals surface area contributed by atoms with Crippen LogP contribution in [0.2, 0.25) is 0 Å². The molecule has 2 rings (SSSR count). The molecule has 1 aromatic carbocycles. The second-order valence-corrected chi connectivity index (χ2v) is 7.01. The van der Waals surface area contributed by atoms with Gasteiger partial charge in [-0.2, -0.15) is 0 Å². The Hall–Kier alpha value is -1.39. The van der Waals surface area contributed by atoms with E-state index in [4.69, 9.17) is 0 Å². The summed E-state index contributed by atoms with van der Waals surface area (Å²) in [4.78, 5) is 18.2. The Morgan fingerprint density at radius 3 is 2.50 bits per heavy atom. The van der Waals surface area contributed by atoms with E-state index in [9.17, 15) is 9.90 Å². The molecule has 1 unspecified atom stereocenters. The molecule has 4 N–H and O–H groups in total. The van der Waals surface area contributed by atoms with Crippen LogP contribution in [0.15, 0.2) is 29.3 Å². The first-order valence-electron chi connectivity index (χ1n) is 9.74. The van der Waals surface area contributed by atoms with Gasteiger partial charge in [0, 0.05) is 32.7 Å². The highest BCUT2D eigenvalue weighted by Crippen LogP contribution is 2.14. The number of aliphatic hydroxyl groups excluding tert-OH is 1. The van der Waals surface area contributed by atoms with Crippen LogP contribution >= 0.6 is 24.0 Å². The minimum atomic E-state index is -0.615. The SMILES string of the molecule is CCNC(=NCC(O)c1ccc(C)cc1)NC1CCN(CC(=O)NC)CC1.I. The molecule has 28 heavy (non-hydrogen) atoms. The monoisotopic (exact) mass is 503 g/mol. The summed E-state index contributed by atoms with van der Waals surface area (Å²) in [5, 5.41) is 19.7. The van der Waals surface area contributed by atoms with E-state index in [0.29, 0.717) is 19.1 Å². The highest BCUT2D eigenvalue weighted by atomic mass is 127. The van der Waals surface area contributed by atoms with Crippen LogP contribution in [0.3, 0.4) is 0 Å². The summed E-state index contributed by atoms with van der Waals surface area (Å²) >= 11 is 0. The Labute approximate surface area is 185 Å². The van der Waals surface area contributed by atoms with Gasteiger partial charge in [-0.15, -0.1) is 24.0 Å². The van der Waals surface area contributed by atoms with Crippen molar-refractivity contribution in [3.8, 4) is 0 Å². The molecule has 1 aliphatic heterocycles. The number of carbonyl (C=O) groups excluding carboxylic acids is 1. The Morgan fingerprint density at radius 1 is 1.29 bits per heavy atom. The first-order valence-corrected chi connectivity index (χ1v) is 9.74. The van der Waals surface area contributed by atoms with Crippen molar-refractivity contribution >= 4 is 35.8 Å². The number of rotatable bonds is 7. The molecule has 0 spiro atoms. The highest BCUT2D eigenvalue weighted by Gasteiger charge is 2.21. The molecule has 8 heteroatoms. The number of aliphatic imine (C=N–C) groups is 1. The number of nitrogens with one attached hydrogen (secondary N) is 3. The predicted octanol–water partition coefficient (Wildman–Crippen LogP) is 1.41. The van der Waals surface area contributed by atoms with Crippen molar-refractivity contribution in [2.45, 2.75) is 38.8 Å². The molecule has 0 radical (unpaired) electrons. The van der Waals surface area contributed by atoms with E-state index in [1.54, 1.807) is 7.05 Å². The van der Waals surface area contributed by atoms with Gasteiger partial charge in [0.15, 0.2) is 5.96 Å². The Balaban J connectivity index is 0.00000392. The van der Waals surface area contributed by atoms with Crippen molar-refractivity contribution < 1.29 is 9.90 Å². The smallest absolute Gasteiger partial charge is 0.233 e. The third-order valence-electron chi connectivity index (χ3n) is 4.80. The maximum atomic E-state index is 11.5. The lowest BCUT2D eigenvalue weighted by Gasteiger charge is -2.32. The lowest BCUT2D eigenvalue weighted by molar-refractivity contribution is -0.122. The first-order chi connectivity index (χ1) is 13.0. The summed E-state index contributed by atoms with van der Waals surface area (Å²) in [6, 6.07) is 8.20. The van der Waals surface area contributed by atoms with Gasteiger partial charge in [0.1, 0.15) is 0 Å². The fraction of sp³-hybridized carbons (Fsp3) is 0.600. The molecule has 1 aliphatic rings. The maximum Gasteiger partial charge on any atom is 0.233 e. The standard InChI is InChI=1S/C20H33N5O2.HI/c1-4-22-20(23-13-18(26)16-7-5-15(2)6-8-16)24-17-9-11-25(12-10-17)14-19(27)21-3;/h5-8,17-18,26H,4,9-14H2,1-3H3,(H,21,27)(H2,22,23,24);1H. The normalized spacial score (nSPS) is 16.8.